The van der Waals surface area contributed by atoms with Crippen molar-refractivity contribution >= 4 is 10.0 Å². The van der Waals surface area contributed by atoms with Crippen LogP contribution in [0.25, 0.3) is 0 Å². The number of hydrogen-bond donors (Lipinski definition) is 2. The van der Waals surface area contributed by atoms with Crippen LogP contribution in [0.2, 0.25) is 0 Å². The molecule has 0 bridgehead atoms. The van der Waals surface area contributed by atoms with Gasteiger partial charge in [0.05, 0.1) is 11.5 Å². The molecule has 1 fully saturated rings. The first kappa shape index (κ1) is 14.4. The van der Waals surface area contributed by atoms with E-state index in [1.807, 2.05) is 0 Å². The van der Waals surface area contributed by atoms with Gasteiger partial charge in [0.15, 0.2) is 0 Å². The highest BCUT2D eigenvalue weighted by molar-refractivity contribution is 7.89. The van der Waals surface area contributed by atoms with E-state index in [0.717, 1.165) is 6.42 Å². The van der Waals surface area contributed by atoms with E-state index < -0.39 is 22.4 Å². The lowest BCUT2D eigenvalue weighted by Crippen LogP contribution is -2.25. The molecule has 0 aliphatic heterocycles. The summed E-state index contributed by atoms with van der Waals surface area (Å²) in [7, 11) is -3.63. The number of aliphatic hydroxyl groups excluding tert-OH is 1. The van der Waals surface area contributed by atoms with E-state index in [4.69, 9.17) is 5.11 Å². The maximum Gasteiger partial charge on any atom is 0.240 e. The van der Waals surface area contributed by atoms with Gasteiger partial charge >= 0.3 is 0 Å². The molecule has 19 heavy (non-hydrogen) atoms. The Bertz CT molecular complexity index is 567. The van der Waals surface area contributed by atoms with Gasteiger partial charge < -0.3 is 5.11 Å². The lowest BCUT2D eigenvalue weighted by molar-refractivity contribution is 0.275. The molecule has 0 atom stereocenters. The van der Waals surface area contributed by atoms with Gasteiger partial charge in [-0.25, -0.2) is 17.5 Å². The van der Waals surface area contributed by atoms with Gasteiger partial charge in [-0.05, 0) is 37.0 Å². The quantitative estimate of drug-likeness (QED) is 0.837. The topological polar surface area (TPSA) is 66.4 Å². The first-order valence-electron chi connectivity index (χ1n) is 6.33. The highest BCUT2D eigenvalue weighted by atomic mass is 32.2. The van der Waals surface area contributed by atoms with Gasteiger partial charge in [0, 0.05) is 12.1 Å². The zero-order valence-corrected chi connectivity index (χ0v) is 11.6. The molecule has 1 aliphatic rings. The molecule has 0 unspecified atom stereocenters. The molecule has 106 valence electrons. The predicted molar refractivity (Wildman–Crippen MR) is 69.6 cm³/mol. The number of aryl methyl sites for hydroxylation is 1. The molecule has 2 N–H and O–H groups in total. The van der Waals surface area contributed by atoms with Crippen molar-refractivity contribution < 1.29 is 17.9 Å². The van der Waals surface area contributed by atoms with Crippen LogP contribution >= 0.6 is 0 Å². The summed E-state index contributed by atoms with van der Waals surface area (Å²) in [6.07, 6.45) is 3.18. The van der Waals surface area contributed by atoms with E-state index >= 15 is 0 Å². The molecule has 1 aliphatic carbocycles. The van der Waals surface area contributed by atoms with E-state index in [1.165, 1.54) is 31.9 Å². The fourth-order valence-corrected chi connectivity index (χ4v) is 3.15. The van der Waals surface area contributed by atoms with Crippen LogP contribution in [0.4, 0.5) is 4.39 Å². The van der Waals surface area contributed by atoms with Crippen molar-refractivity contribution in [2.24, 2.45) is 5.92 Å². The molecule has 0 amide bonds. The summed E-state index contributed by atoms with van der Waals surface area (Å²) < 4.78 is 40.2. The molecule has 0 heterocycles. The molecule has 1 aromatic carbocycles. The fourth-order valence-electron chi connectivity index (χ4n) is 1.96. The standard InChI is InChI=1S/C13H18FNO3S/c1-9-6-12(7-11(8-16)13(9)14)19(17,18)15-5-4-10-2-3-10/h6-7,10,15-16H,2-5,8H2,1H3. The Morgan fingerprint density at radius 2 is 2.11 bits per heavy atom. The third kappa shape index (κ3) is 3.52. The maximum absolute atomic E-state index is 13.6. The first-order valence-corrected chi connectivity index (χ1v) is 7.82. The van der Waals surface area contributed by atoms with E-state index in [2.05, 4.69) is 4.72 Å². The van der Waals surface area contributed by atoms with Crippen LogP contribution in [-0.2, 0) is 16.6 Å². The van der Waals surface area contributed by atoms with Crippen LogP contribution in [-0.4, -0.2) is 20.1 Å². The molecule has 0 aromatic heterocycles. The lowest BCUT2D eigenvalue weighted by atomic mass is 10.1. The number of hydrogen-bond acceptors (Lipinski definition) is 3. The van der Waals surface area contributed by atoms with Gasteiger partial charge in [-0.2, -0.15) is 0 Å². The molecular weight excluding hydrogens is 269 g/mol. The third-order valence-electron chi connectivity index (χ3n) is 3.33. The third-order valence-corrected chi connectivity index (χ3v) is 4.77. The normalized spacial score (nSPS) is 15.7. The Hall–Kier alpha value is -0.980. The second kappa shape index (κ2) is 5.56. The van der Waals surface area contributed by atoms with Crippen molar-refractivity contribution in [3.63, 3.8) is 0 Å². The number of benzene rings is 1. The lowest BCUT2D eigenvalue weighted by Gasteiger charge is -2.10. The minimum Gasteiger partial charge on any atom is -0.392 e. The zero-order valence-electron chi connectivity index (χ0n) is 10.8. The summed E-state index contributed by atoms with van der Waals surface area (Å²) >= 11 is 0. The van der Waals surface area contributed by atoms with E-state index in [1.54, 1.807) is 0 Å². The first-order chi connectivity index (χ1) is 8.94. The molecule has 2 rings (SSSR count). The van der Waals surface area contributed by atoms with Crippen LogP contribution in [0.3, 0.4) is 0 Å². The Labute approximate surface area is 112 Å². The minimum absolute atomic E-state index is 0.00238. The summed E-state index contributed by atoms with van der Waals surface area (Å²) in [5.74, 6) is 0.0880. The number of rotatable bonds is 6. The van der Waals surface area contributed by atoms with Gasteiger partial charge in [0.25, 0.3) is 0 Å². The summed E-state index contributed by atoms with van der Waals surface area (Å²) in [5, 5.41) is 9.03. The second-order valence-corrected chi connectivity index (χ2v) is 6.77. The van der Waals surface area contributed by atoms with E-state index in [-0.39, 0.29) is 16.0 Å². The van der Waals surface area contributed by atoms with Crippen LogP contribution in [0, 0.1) is 18.7 Å². The molecular formula is C13H18FNO3S. The molecule has 6 heteroatoms. The number of nitrogens with one attached hydrogen (secondary N) is 1. The predicted octanol–water partition coefficient (Wildman–Crippen LogP) is 1.70. The largest absolute Gasteiger partial charge is 0.392 e. The Kier molecular flexibility index (Phi) is 4.23. The second-order valence-electron chi connectivity index (χ2n) is 5.00. The molecule has 0 saturated heterocycles. The SMILES string of the molecule is Cc1cc(S(=O)(=O)NCCC2CC2)cc(CO)c1F. The Morgan fingerprint density at radius 3 is 2.68 bits per heavy atom. The fraction of sp³-hybridized carbons (Fsp3) is 0.538. The summed E-state index contributed by atoms with van der Waals surface area (Å²) in [4.78, 5) is 0.00578. The van der Waals surface area contributed by atoms with Crippen molar-refractivity contribution in [3.8, 4) is 0 Å². The van der Waals surface area contributed by atoms with E-state index in [0.29, 0.717) is 12.5 Å². The smallest absolute Gasteiger partial charge is 0.240 e. The molecule has 4 nitrogen and oxygen atoms in total. The Balaban J connectivity index is 2.16. The molecule has 0 spiro atoms. The van der Waals surface area contributed by atoms with E-state index in [9.17, 15) is 12.8 Å². The summed E-state index contributed by atoms with van der Waals surface area (Å²) in [6.45, 7) is 1.37. The molecule has 0 radical (unpaired) electrons. The molecule has 1 aromatic rings. The highest BCUT2D eigenvalue weighted by Gasteiger charge is 2.22. The number of halogens is 1. The van der Waals surface area contributed by atoms with Gasteiger partial charge in [-0.3, -0.25) is 0 Å². The van der Waals surface area contributed by atoms with Gasteiger partial charge in [-0.1, -0.05) is 12.8 Å². The van der Waals surface area contributed by atoms with Crippen LogP contribution in [0.15, 0.2) is 17.0 Å². The Morgan fingerprint density at radius 1 is 1.42 bits per heavy atom. The summed E-state index contributed by atoms with van der Waals surface area (Å²) in [5.41, 5.74) is 0.219. The monoisotopic (exact) mass is 287 g/mol. The van der Waals surface area contributed by atoms with Gasteiger partial charge in [-0.15, -0.1) is 0 Å². The number of aliphatic hydroxyl groups is 1. The maximum atomic E-state index is 13.6. The average molecular weight is 287 g/mol. The minimum atomic E-state index is -3.63. The summed E-state index contributed by atoms with van der Waals surface area (Å²) in [6, 6.07) is 2.47. The average Bonchev–Trinajstić information content (AvgIpc) is 3.16. The molecule has 1 saturated carbocycles. The van der Waals surface area contributed by atoms with Gasteiger partial charge in [0.2, 0.25) is 10.0 Å². The van der Waals surface area contributed by atoms with Crippen molar-refractivity contribution in [2.75, 3.05) is 6.54 Å². The van der Waals surface area contributed by atoms with Crippen LogP contribution < -0.4 is 4.72 Å². The van der Waals surface area contributed by atoms with Crippen molar-refractivity contribution in [3.05, 3.63) is 29.1 Å². The number of sulfonamides is 1. The zero-order chi connectivity index (χ0) is 14.0. The highest BCUT2D eigenvalue weighted by Crippen LogP contribution is 2.31. The van der Waals surface area contributed by atoms with Crippen molar-refractivity contribution in [1.82, 2.24) is 4.72 Å². The van der Waals surface area contributed by atoms with Crippen molar-refractivity contribution in [2.45, 2.75) is 37.7 Å². The van der Waals surface area contributed by atoms with Crippen LogP contribution in [0.5, 0.6) is 0 Å². The van der Waals surface area contributed by atoms with Gasteiger partial charge in [0.1, 0.15) is 5.82 Å². The van der Waals surface area contributed by atoms with Crippen molar-refractivity contribution in [1.29, 1.82) is 0 Å². The van der Waals surface area contributed by atoms with Crippen LogP contribution in [0.1, 0.15) is 30.4 Å².